The lowest BCUT2D eigenvalue weighted by Crippen LogP contribution is -2.52. The summed E-state index contributed by atoms with van der Waals surface area (Å²) in [4.78, 5) is 10.9. The van der Waals surface area contributed by atoms with Gasteiger partial charge in [-0.2, -0.15) is 0 Å². The predicted molar refractivity (Wildman–Crippen MR) is 69.1 cm³/mol. The van der Waals surface area contributed by atoms with Crippen molar-refractivity contribution >= 4 is 14.2 Å². The molecule has 0 aliphatic heterocycles. The highest BCUT2D eigenvalue weighted by atomic mass is 28.3. The van der Waals surface area contributed by atoms with Gasteiger partial charge in [-0.1, -0.05) is 26.6 Å². The van der Waals surface area contributed by atoms with Gasteiger partial charge in [0.25, 0.3) is 0 Å². The Bertz CT molecular complexity index is 242. The lowest BCUT2D eigenvalue weighted by atomic mass is 9.86. The van der Waals surface area contributed by atoms with Crippen molar-refractivity contribution in [2.75, 3.05) is 6.54 Å². The van der Waals surface area contributed by atoms with E-state index in [-0.39, 0.29) is 5.92 Å². The van der Waals surface area contributed by atoms with Gasteiger partial charge in [-0.25, -0.2) is 0 Å². The van der Waals surface area contributed by atoms with Gasteiger partial charge in [0.15, 0.2) is 0 Å². The standard InChI is InChI=1S/C12H25NO2Si/c1-5-13(16(2,3)4)11-8-6-10(7-9-11)12(14)15/h10-11H,5-9H2,1-4H3,(H,14,15). The molecule has 16 heavy (non-hydrogen) atoms. The molecule has 0 radical (unpaired) electrons. The molecular weight excluding hydrogens is 218 g/mol. The van der Waals surface area contributed by atoms with E-state index in [0.717, 1.165) is 32.2 Å². The van der Waals surface area contributed by atoms with E-state index in [1.54, 1.807) is 0 Å². The number of carboxylic acid groups (broad SMARTS) is 1. The fourth-order valence-corrected chi connectivity index (χ4v) is 5.22. The minimum atomic E-state index is -1.24. The van der Waals surface area contributed by atoms with E-state index < -0.39 is 14.2 Å². The van der Waals surface area contributed by atoms with Crippen molar-refractivity contribution in [2.24, 2.45) is 5.92 Å². The molecule has 1 fully saturated rings. The Morgan fingerprint density at radius 2 is 1.75 bits per heavy atom. The molecule has 0 amide bonds. The van der Waals surface area contributed by atoms with E-state index in [4.69, 9.17) is 5.11 Å². The molecule has 1 rings (SSSR count). The fraction of sp³-hybridized carbons (Fsp3) is 0.917. The first-order valence-corrected chi connectivity index (χ1v) is 9.80. The zero-order valence-corrected chi connectivity index (χ0v) is 12.0. The lowest BCUT2D eigenvalue weighted by Gasteiger charge is -2.42. The van der Waals surface area contributed by atoms with Crippen molar-refractivity contribution in [1.82, 2.24) is 4.57 Å². The topological polar surface area (TPSA) is 40.5 Å². The third-order valence-electron chi connectivity index (χ3n) is 3.69. The summed E-state index contributed by atoms with van der Waals surface area (Å²) < 4.78 is 2.64. The summed E-state index contributed by atoms with van der Waals surface area (Å²) in [6.45, 7) is 10.5. The van der Waals surface area contributed by atoms with Gasteiger partial charge in [0.05, 0.1) is 5.92 Å². The first-order valence-electron chi connectivity index (χ1n) is 6.35. The Balaban J connectivity index is 2.55. The van der Waals surface area contributed by atoms with Crippen LogP contribution in [0.1, 0.15) is 32.6 Å². The number of carboxylic acids is 1. The fourth-order valence-electron chi connectivity index (χ4n) is 2.91. The molecule has 0 aromatic rings. The average molecular weight is 243 g/mol. The number of rotatable bonds is 4. The second-order valence-corrected chi connectivity index (χ2v) is 10.7. The first kappa shape index (κ1) is 13.7. The molecule has 94 valence electrons. The molecule has 1 aliphatic rings. The number of hydrogen-bond donors (Lipinski definition) is 1. The van der Waals surface area contributed by atoms with Crippen LogP contribution in [0.3, 0.4) is 0 Å². The van der Waals surface area contributed by atoms with Crippen molar-refractivity contribution in [3.63, 3.8) is 0 Å². The van der Waals surface area contributed by atoms with Crippen LogP contribution in [-0.2, 0) is 4.79 Å². The SMILES string of the molecule is CCN(C1CCC(C(=O)O)CC1)[Si](C)(C)C. The van der Waals surface area contributed by atoms with E-state index in [9.17, 15) is 4.79 Å². The van der Waals surface area contributed by atoms with Gasteiger partial charge in [0.1, 0.15) is 8.24 Å². The van der Waals surface area contributed by atoms with Crippen molar-refractivity contribution < 1.29 is 9.90 Å². The Labute approximate surface area is 99.9 Å². The van der Waals surface area contributed by atoms with E-state index in [2.05, 4.69) is 31.1 Å². The smallest absolute Gasteiger partial charge is 0.306 e. The van der Waals surface area contributed by atoms with Crippen LogP contribution in [0.25, 0.3) is 0 Å². The van der Waals surface area contributed by atoms with Gasteiger partial charge in [0, 0.05) is 6.04 Å². The van der Waals surface area contributed by atoms with Gasteiger partial charge >= 0.3 is 5.97 Å². The summed E-state index contributed by atoms with van der Waals surface area (Å²) in [6.07, 6.45) is 3.85. The van der Waals surface area contributed by atoms with Crippen molar-refractivity contribution in [2.45, 2.75) is 58.3 Å². The molecule has 0 heterocycles. The summed E-state index contributed by atoms with van der Waals surface area (Å²) in [5, 5.41) is 8.98. The molecule has 0 bridgehead atoms. The number of carbonyl (C=O) groups is 1. The maximum Gasteiger partial charge on any atom is 0.306 e. The largest absolute Gasteiger partial charge is 0.481 e. The van der Waals surface area contributed by atoms with Gasteiger partial charge in [-0.05, 0) is 32.2 Å². The molecule has 0 unspecified atom stereocenters. The monoisotopic (exact) mass is 243 g/mol. The van der Waals surface area contributed by atoms with Gasteiger partial charge < -0.3 is 9.67 Å². The van der Waals surface area contributed by atoms with Crippen LogP contribution in [0.5, 0.6) is 0 Å². The maximum atomic E-state index is 10.9. The Kier molecular flexibility index (Phi) is 4.56. The summed E-state index contributed by atoms with van der Waals surface area (Å²) >= 11 is 0. The van der Waals surface area contributed by atoms with Crippen LogP contribution in [0.15, 0.2) is 0 Å². The van der Waals surface area contributed by atoms with Gasteiger partial charge in [0.2, 0.25) is 0 Å². The summed E-state index contributed by atoms with van der Waals surface area (Å²) in [7, 11) is -1.24. The molecular formula is C12H25NO2Si. The van der Waals surface area contributed by atoms with E-state index in [0.29, 0.717) is 6.04 Å². The minimum Gasteiger partial charge on any atom is -0.481 e. The number of hydrogen-bond acceptors (Lipinski definition) is 2. The molecule has 0 atom stereocenters. The third-order valence-corrected chi connectivity index (χ3v) is 6.09. The number of aliphatic carboxylic acids is 1. The summed E-state index contributed by atoms with van der Waals surface area (Å²) in [5.74, 6) is -0.689. The van der Waals surface area contributed by atoms with Gasteiger partial charge in [-0.15, -0.1) is 0 Å². The van der Waals surface area contributed by atoms with Crippen LogP contribution in [0.2, 0.25) is 19.6 Å². The highest BCUT2D eigenvalue weighted by Crippen LogP contribution is 2.30. The number of nitrogens with zero attached hydrogens (tertiary/aromatic N) is 1. The summed E-state index contributed by atoms with van der Waals surface area (Å²) in [5.41, 5.74) is 0. The van der Waals surface area contributed by atoms with Gasteiger partial charge in [-0.3, -0.25) is 4.79 Å². The minimum absolute atomic E-state index is 0.0865. The zero-order chi connectivity index (χ0) is 12.3. The normalized spacial score (nSPS) is 27.1. The molecule has 3 nitrogen and oxygen atoms in total. The molecule has 0 aromatic carbocycles. The Hall–Kier alpha value is -0.353. The second-order valence-electron chi connectivity index (χ2n) is 5.80. The van der Waals surface area contributed by atoms with Crippen molar-refractivity contribution in [1.29, 1.82) is 0 Å². The first-order chi connectivity index (χ1) is 7.36. The van der Waals surface area contributed by atoms with Crippen LogP contribution in [0, 0.1) is 5.92 Å². The molecule has 0 saturated heterocycles. The quantitative estimate of drug-likeness (QED) is 0.772. The second kappa shape index (κ2) is 5.32. The van der Waals surface area contributed by atoms with E-state index in [1.165, 1.54) is 0 Å². The van der Waals surface area contributed by atoms with Crippen molar-refractivity contribution in [3.8, 4) is 0 Å². The zero-order valence-electron chi connectivity index (χ0n) is 11.0. The molecule has 4 heteroatoms. The highest BCUT2D eigenvalue weighted by molar-refractivity contribution is 6.73. The van der Waals surface area contributed by atoms with E-state index >= 15 is 0 Å². The molecule has 1 N–H and O–H groups in total. The average Bonchev–Trinajstić information content (AvgIpc) is 2.17. The maximum absolute atomic E-state index is 10.9. The molecule has 1 saturated carbocycles. The Morgan fingerprint density at radius 3 is 2.06 bits per heavy atom. The summed E-state index contributed by atoms with van der Waals surface area (Å²) in [6, 6.07) is 0.632. The Morgan fingerprint density at radius 1 is 1.25 bits per heavy atom. The molecule has 0 aromatic heterocycles. The third kappa shape index (κ3) is 3.32. The molecule has 1 aliphatic carbocycles. The molecule has 0 spiro atoms. The van der Waals surface area contributed by atoms with Crippen LogP contribution < -0.4 is 0 Å². The van der Waals surface area contributed by atoms with Crippen LogP contribution >= 0.6 is 0 Å². The van der Waals surface area contributed by atoms with Crippen LogP contribution in [-0.4, -0.2) is 36.5 Å². The van der Waals surface area contributed by atoms with E-state index in [1.807, 2.05) is 0 Å². The highest BCUT2D eigenvalue weighted by Gasteiger charge is 2.33. The lowest BCUT2D eigenvalue weighted by molar-refractivity contribution is -0.143. The van der Waals surface area contributed by atoms with Crippen molar-refractivity contribution in [3.05, 3.63) is 0 Å². The predicted octanol–water partition coefficient (Wildman–Crippen LogP) is 2.79. The van der Waals surface area contributed by atoms with Crippen LogP contribution in [0.4, 0.5) is 0 Å².